The van der Waals surface area contributed by atoms with E-state index in [1.165, 1.54) is 6.07 Å². The minimum Gasteiger partial charge on any atom is -0.454 e. The van der Waals surface area contributed by atoms with Crippen LogP contribution in [0.3, 0.4) is 0 Å². The molecule has 0 unspecified atom stereocenters. The van der Waals surface area contributed by atoms with Crippen LogP contribution >= 0.6 is 24.0 Å². The fourth-order valence-electron chi connectivity index (χ4n) is 3.02. The van der Waals surface area contributed by atoms with Gasteiger partial charge in [-0.15, -0.1) is 24.0 Å². The molecule has 8 nitrogen and oxygen atoms in total. The number of fused-ring (bicyclic) bond motifs is 1. The number of aliphatic imine (C=N–C) groups is 1. The van der Waals surface area contributed by atoms with Crippen molar-refractivity contribution in [1.82, 2.24) is 16.0 Å². The van der Waals surface area contributed by atoms with Gasteiger partial charge in [-0.3, -0.25) is 4.79 Å². The Bertz CT molecular complexity index is 932. The van der Waals surface area contributed by atoms with Crippen molar-refractivity contribution >= 4 is 35.8 Å². The summed E-state index contributed by atoms with van der Waals surface area (Å²) in [6.45, 7) is 0.0328. The van der Waals surface area contributed by atoms with Crippen molar-refractivity contribution in [3.05, 3.63) is 53.6 Å². The smallest absolute Gasteiger partial charge is 0.387 e. The number of nitrogens with zero attached hydrogens (tertiary/aromatic N) is 1. The molecule has 2 aromatic rings. The Balaban J connectivity index is 0.00000385. The number of benzene rings is 2. The number of alkyl halides is 2. The summed E-state index contributed by atoms with van der Waals surface area (Å²) in [4.78, 5) is 16.5. The summed E-state index contributed by atoms with van der Waals surface area (Å²) in [6, 6.07) is 12.8. The van der Waals surface area contributed by atoms with E-state index < -0.39 is 6.61 Å². The van der Waals surface area contributed by atoms with Gasteiger partial charge in [0.1, 0.15) is 5.75 Å². The van der Waals surface area contributed by atoms with E-state index in [9.17, 15) is 13.6 Å². The van der Waals surface area contributed by atoms with Crippen LogP contribution in [-0.2, 0) is 17.8 Å². The largest absolute Gasteiger partial charge is 0.454 e. The first-order valence-corrected chi connectivity index (χ1v) is 10.2. The average Bonchev–Trinajstić information content (AvgIpc) is 3.23. The molecular formula is C22H27F2IN4O4. The molecule has 1 aliphatic heterocycles. The second-order valence-electron chi connectivity index (χ2n) is 6.83. The highest BCUT2D eigenvalue weighted by Gasteiger charge is 2.20. The van der Waals surface area contributed by atoms with Gasteiger partial charge in [0.05, 0.1) is 13.1 Å². The van der Waals surface area contributed by atoms with E-state index in [0.29, 0.717) is 36.1 Å². The van der Waals surface area contributed by atoms with Crippen LogP contribution in [0.15, 0.2) is 47.5 Å². The Morgan fingerprint density at radius 1 is 1.12 bits per heavy atom. The van der Waals surface area contributed by atoms with Crippen LogP contribution in [0.2, 0.25) is 0 Å². The zero-order valence-corrected chi connectivity index (χ0v) is 20.4. The molecule has 0 saturated carbocycles. The van der Waals surface area contributed by atoms with E-state index in [2.05, 4.69) is 25.7 Å². The number of amides is 1. The predicted octanol–water partition coefficient (Wildman–Crippen LogP) is 3.05. The summed E-state index contributed by atoms with van der Waals surface area (Å²) >= 11 is 0. The molecule has 1 aliphatic rings. The third kappa shape index (κ3) is 8.56. The summed E-state index contributed by atoms with van der Waals surface area (Å²) in [5, 5.41) is 8.79. The van der Waals surface area contributed by atoms with E-state index >= 15 is 0 Å². The van der Waals surface area contributed by atoms with Crippen LogP contribution < -0.4 is 30.2 Å². The van der Waals surface area contributed by atoms with E-state index in [1.54, 1.807) is 6.07 Å². The quantitative estimate of drug-likeness (QED) is 0.229. The molecule has 0 saturated heterocycles. The van der Waals surface area contributed by atoms with E-state index in [0.717, 1.165) is 12.0 Å². The lowest BCUT2D eigenvalue weighted by Gasteiger charge is -2.13. The van der Waals surface area contributed by atoms with Gasteiger partial charge >= 0.3 is 6.61 Å². The monoisotopic (exact) mass is 576 g/mol. The van der Waals surface area contributed by atoms with Crippen LogP contribution in [0, 0.1) is 0 Å². The molecule has 33 heavy (non-hydrogen) atoms. The number of carbonyl (C=O) groups excluding carboxylic acids is 1. The van der Waals surface area contributed by atoms with Gasteiger partial charge in [-0.05, 0) is 25.0 Å². The van der Waals surface area contributed by atoms with Crippen molar-refractivity contribution in [3.63, 3.8) is 0 Å². The average molecular weight is 576 g/mol. The highest BCUT2D eigenvalue weighted by Crippen LogP contribution is 2.39. The molecule has 0 bridgehead atoms. The van der Waals surface area contributed by atoms with Crippen LogP contribution in [0.1, 0.15) is 18.1 Å². The van der Waals surface area contributed by atoms with Gasteiger partial charge in [-0.2, -0.15) is 8.78 Å². The number of hydrogen-bond acceptors (Lipinski definition) is 5. The second-order valence-corrected chi connectivity index (χ2v) is 6.83. The van der Waals surface area contributed by atoms with E-state index in [1.807, 2.05) is 37.3 Å². The van der Waals surface area contributed by atoms with Gasteiger partial charge in [0.15, 0.2) is 17.5 Å². The first-order valence-electron chi connectivity index (χ1n) is 10.2. The normalized spacial score (nSPS) is 12.2. The molecule has 11 heteroatoms. The third-order valence-electron chi connectivity index (χ3n) is 4.52. The van der Waals surface area contributed by atoms with Gasteiger partial charge in [-0.25, -0.2) is 4.99 Å². The Morgan fingerprint density at radius 3 is 2.55 bits per heavy atom. The molecule has 3 N–H and O–H groups in total. The maximum atomic E-state index is 12.8. The first-order chi connectivity index (χ1) is 15.5. The molecule has 1 heterocycles. The number of ether oxygens (including phenoxy) is 3. The number of rotatable bonds is 10. The van der Waals surface area contributed by atoms with Crippen LogP contribution in [0.25, 0.3) is 0 Å². The Hall–Kier alpha value is -2.83. The summed E-state index contributed by atoms with van der Waals surface area (Å²) < 4.78 is 40.7. The maximum absolute atomic E-state index is 12.8. The number of guanidine groups is 1. The van der Waals surface area contributed by atoms with E-state index in [4.69, 9.17) is 9.47 Å². The molecule has 0 aromatic heterocycles. The topological polar surface area (TPSA) is 93.2 Å². The summed E-state index contributed by atoms with van der Waals surface area (Å²) in [6.07, 6.45) is 0.734. The molecule has 0 aliphatic carbocycles. The van der Waals surface area contributed by atoms with Crippen molar-refractivity contribution in [1.29, 1.82) is 0 Å². The third-order valence-corrected chi connectivity index (χ3v) is 4.52. The summed E-state index contributed by atoms with van der Waals surface area (Å²) in [5.41, 5.74) is 1.54. The lowest BCUT2D eigenvalue weighted by atomic mass is 10.1. The van der Waals surface area contributed by atoms with Gasteiger partial charge in [0, 0.05) is 24.7 Å². The Morgan fingerprint density at radius 2 is 1.85 bits per heavy atom. The molecule has 1 amide bonds. The first kappa shape index (κ1) is 26.4. The van der Waals surface area contributed by atoms with Gasteiger partial charge in [0.25, 0.3) is 0 Å². The van der Waals surface area contributed by atoms with Crippen molar-refractivity contribution in [2.75, 3.05) is 26.4 Å². The standard InChI is InChI=1S/C22H26F2N4O4.HI/c1-2-25-22(28-13-20(29)26-9-8-15-6-4-3-5-7-15)27-12-16-10-18-19(31-14-30-18)11-17(16)32-21(23)24;/h3-7,10-11,21H,2,8-9,12-14H2,1H3,(H,26,29)(H2,25,27,28);1H. The molecule has 0 spiro atoms. The summed E-state index contributed by atoms with van der Waals surface area (Å²) in [5.74, 6) is 0.920. The van der Waals surface area contributed by atoms with Crippen LogP contribution in [0.4, 0.5) is 8.78 Å². The second kappa shape index (κ2) is 13.7. The SMILES string of the molecule is CCNC(=NCc1cc2c(cc1OC(F)F)OCO2)NCC(=O)NCCc1ccccc1.I. The predicted molar refractivity (Wildman–Crippen MR) is 131 cm³/mol. The number of carbonyl (C=O) groups is 1. The number of hydrogen-bond donors (Lipinski definition) is 3. The van der Waals surface area contributed by atoms with Crippen molar-refractivity contribution in [2.24, 2.45) is 4.99 Å². The van der Waals surface area contributed by atoms with Gasteiger partial charge in [0.2, 0.25) is 12.7 Å². The van der Waals surface area contributed by atoms with Gasteiger partial charge in [-0.1, -0.05) is 30.3 Å². The van der Waals surface area contributed by atoms with Crippen molar-refractivity contribution in [2.45, 2.75) is 26.5 Å². The lowest BCUT2D eigenvalue weighted by Crippen LogP contribution is -2.43. The zero-order chi connectivity index (χ0) is 22.8. The molecule has 0 atom stereocenters. The zero-order valence-electron chi connectivity index (χ0n) is 18.1. The van der Waals surface area contributed by atoms with Crippen molar-refractivity contribution < 1.29 is 27.8 Å². The minimum atomic E-state index is -2.98. The molecule has 180 valence electrons. The molecule has 0 radical (unpaired) electrons. The lowest BCUT2D eigenvalue weighted by molar-refractivity contribution is -0.119. The Kier molecular flexibility index (Phi) is 10.9. The Labute approximate surface area is 208 Å². The molecule has 0 fully saturated rings. The van der Waals surface area contributed by atoms with Gasteiger partial charge < -0.3 is 30.2 Å². The maximum Gasteiger partial charge on any atom is 0.387 e. The molecule has 3 rings (SSSR count). The highest BCUT2D eigenvalue weighted by atomic mass is 127. The fourth-order valence-corrected chi connectivity index (χ4v) is 3.02. The van der Waals surface area contributed by atoms with E-state index in [-0.39, 0.29) is 55.5 Å². The van der Waals surface area contributed by atoms with Crippen molar-refractivity contribution in [3.8, 4) is 17.2 Å². The fraction of sp³-hybridized carbons (Fsp3) is 0.364. The number of halogens is 3. The molecular weight excluding hydrogens is 549 g/mol. The number of nitrogens with one attached hydrogen (secondary N) is 3. The van der Waals surface area contributed by atoms with Crippen LogP contribution in [-0.4, -0.2) is 44.9 Å². The van der Waals surface area contributed by atoms with Crippen LogP contribution in [0.5, 0.6) is 17.2 Å². The summed E-state index contributed by atoms with van der Waals surface area (Å²) in [7, 11) is 0. The highest BCUT2D eigenvalue weighted by molar-refractivity contribution is 14.0. The minimum absolute atomic E-state index is 0. The molecule has 2 aromatic carbocycles.